The lowest BCUT2D eigenvalue weighted by atomic mass is 9.89. The van der Waals surface area contributed by atoms with Crippen molar-refractivity contribution < 1.29 is 0 Å². The van der Waals surface area contributed by atoms with Crippen LogP contribution < -0.4 is 5.32 Å². The lowest BCUT2D eigenvalue weighted by molar-refractivity contribution is 0.331. The Morgan fingerprint density at radius 2 is 2.25 bits per heavy atom. The molecule has 1 heterocycles. The summed E-state index contributed by atoms with van der Waals surface area (Å²) >= 11 is 1.77. The van der Waals surface area contributed by atoms with Gasteiger partial charge in [-0.3, -0.25) is 4.98 Å². The van der Waals surface area contributed by atoms with Gasteiger partial charge in [-0.1, -0.05) is 33.1 Å². The van der Waals surface area contributed by atoms with E-state index in [2.05, 4.69) is 31.2 Å². The molecule has 1 N–H and O–H groups in total. The van der Waals surface area contributed by atoms with Gasteiger partial charge in [0.15, 0.2) is 0 Å². The standard InChI is InChI=1S/C13H24N2S/c1-4-6-7-11(5-2)13(14-3)8-12-9-15-10-16-12/h9-11,13-14H,4-8H2,1-3H3. The van der Waals surface area contributed by atoms with Gasteiger partial charge in [0.25, 0.3) is 0 Å². The van der Waals surface area contributed by atoms with Gasteiger partial charge in [0.1, 0.15) is 0 Å². The molecular formula is C13H24N2S. The first-order chi connectivity index (χ1) is 7.81. The van der Waals surface area contributed by atoms with E-state index in [1.807, 2.05) is 11.7 Å². The second kappa shape index (κ2) is 7.80. The summed E-state index contributed by atoms with van der Waals surface area (Å²) in [5.74, 6) is 0.798. The van der Waals surface area contributed by atoms with Gasteiger partial charge in [0.05, 0.1) is 5.51 Å². The Balaban J connectivity index is 2.49. The van der Waals surface area contributed by atoms with Crippen molar-refractivity contribution in [3.05, 3.63) is 16.6 Å². The van der Waals surface area contributed by atoms with Crippen LogP contribution in [0.1, 0.15) is 44.4 Å². The number of hydrogen-bond acceptors (Lipinski definition) is 3. The van der Waals surface area contributed by atoms with Gasteiger partial charge in [-0.05, 0) is 25.8 Å². The molecule has 0 aliphatic carbocycles. The third kappa shape index (κ3) is 4.22. The summed E-state index contributed by atoms with van der Waals surface area (Å²) in [5.41, 5.74) is 1.93. The van der Waals surface area contributed by atoms with Crippen molar-refractivity contribution >= 4 is 11.3 Å². The van der Waals surface area contributed by atoms with Crippen LogP contribution in [0.15, 0.2) is 11.7 Å². The molecule has 0 amide bonds. The summed E-state index contributed by atoms with van der Waals surface area (Å²) in [5, 5.41) is 3.48. The fourth-order valence-electron chi connectivity index (χ4n) is 2.22. The fourth-order valence-corrected chi connectivity index (χ4v) is 2.87. The maximum Gasteiger partial charge on any atom is 0.0794 e. The van der Waals surface area contributed by atoms with Crippen LogP contribution in [0.3, 0.4) is 0 Å². The molecule has 16 heavy (non-hydrogen) atoms. The predicted molar refractivity (Wildman–Crippen MR) is 72.0 cm³/mol. The van der Waals surface area contributed by atoms with E-state index in [0.29, 0.717) is 6.04 Å². The minimum Gasteiger partial charge on any atom is -0.316 e. The highest BCUT2D eigenvalue weighted by molar-refractivity contribution is 7.09. The molecule has 0 saturated heterocycles. The summed E-state index contributed by atoms with van der Waals surface area (Å²) in [4.78, 5) is 5.55. The number of thiazole rings is 1. The van der Waals surface area contributed by atoms with Crippen LogP contribution in [0.25, 0.3) is 0 Å². The first-order valence-corrected chi connectivity index (χ1v) is 7.24. The lowest BCUT2D eigenvalue weighted by Crippen LogP contribution is -2.35. The molecule has 0 fully saturated rings. The van der Waals surface area contributed by atoms with Crippen LogP contribution >= 0.6 is 11.3 Å². The Labute approximate surface area is 103 Å². The van der Waals surface area contributed by atoms with Gasteiger partial charge in [-0.2, -0.15) is 0 Å². The smallest absolute Gasteiger partial charge is 0.0794 e. The average molecular weight is 240 g/mol. The summed E-state index contributed by atoms with van der Waals surface area (Å²) in [6.07, 6.45) is 8.39. The van der Waals surface area contributed by atoms with Crippen LogP contribution in [0.5, 0.6) is 0 Å². The van der Waals surface area contributed by atoms with Gasteiger partial charge < -0.3 is 5.32 Å². The third-order valence-corrected chi connectivity index (χ3v) is 4.10. The van der Waals surface area contributed by atoms with Crippen molar-refractivity contribution in [3.8, 4) is 0 Å². The molecule has 92 valence electrons. The van der Waals surface area contributed by atoms with Gasteiger partial charge in [0.2, 0.25) is 0 Å². The van der Waals surface area contributed by atoms with E-state index in [0.717, 1.165) is 12.3 Å². The number of rotatable bonds is 8. The van der Waals surface area contributed by atoms with E-state index in [1.165, 1.54) is 30.6 Å². The number of hydrogen-bond donors (Lipinski definition) is 1. The zero-order valence-corrected chi connectivity index (χ0v) is 11.5. The monoisotopic (exact) mass is 240 g/mol. The molecule has 3 heteroatoms. The zero-order chi connectivity index (χ0) is 11.8. The molecule has 1 aromatic rings. The van der Waals surface area contributed by atoms with Crippen LogP contribution in [0.2, 0.25) is 0 Å². The normalized spacial score (nSPS) is 14.9. The summed E-state index contributed by atoms with van der Waals surface area (Å²) in [7, 11) is 2.08. The topological polar surface area (TPSA) is 24.9 Å². The Morgan fingerprint density at radius 1 is 1.44 bits per heavy atom. The van der Waals surface area contributed by atoms with E-state index in [4.69, 9.17) is 0 Å². The van der Waals surface area contributed by atoms with Gasteiger partial charge in [0, 0.05) is 17.1 Å². The van der Waals surface area contributed by atoms with Crippen LogP contribution in [0, 0.1) is 5.92 Å². The minimum atomic E-state index is 0.608. The second-order valence-corrected chi connectivity index (χ2v) is 5.35. The van der Waals surface area contributed by atoms with Gasteiger partial charge in [-0.15, -0.1) is 11.3 Å². The highest BCUT2D eigenvalue weighted by Crippen LogP contribution is 2.21. The van der Waals surface area contributed by atoms with Crippen molar-refractivity contribution in [2.24, 2.45) is 5.92 Å². The third-order valence-electron chi connectivity index (χ3n) is 3.30. The van der Waals surface area contributed by atoms with E-state index in [1.54, 1.807) is 11.3 Å². The second-order valence-electron chi connectivity index (χ2n) is 4.38. The van der Waals surface area contributed by atoms with E-state index < -0.39 is 0 Å². The van der Waals surface area contributed by atoms with Crippen LogP contribution in [-0.2, 0) is 6.42 Å². The molecule has 1 rings (SSSR count). The van der Waals surface area contributed by atoms with E-state index in [-0.39, 0.29) is 0 Å². The molecule has 0 spiro atoms. The molecule has 1 aromatic heterocycles. The van der Waals surface area contributed by atoms with Crippen LogP contribution in [-0.4, -0.2) is 18.1 Å². The summed E-state index contributed by atoms with van der Waals surface area (Å²) in [6.45, 7) is 4.57. The first kappa shape index (κ1) is 13.7. The SMILES string of the molecule is CCCCC(CC)C(Cc1cncs1)NC. The fraction of sp³-hybridized carbons (Fsp3) is 0.769. The number of aromatic nitrogens is 1. The van der Waals surface area contributed by atoms with Crippen LogP contribution in [0.4, 0.5) is 0 Å². The quantitative estimate of drug-likeness (QED) is 0.752. The van der Waals surface area contributed by atoms with E-state index >= 15 is 0 Å². The van der Waals surface area contributed by atoms with Crippen molar-refractivity contribution in [1.29, 1.82) is 0 Å². The highest BCUT2D eigenvalue weighted by atomic mass is 32.1. The van der Waals surface area contributed by atoms with Crippen molar-refractivity contribution in [1.82, 2.24) is 10.3 Å². The molecule has 2 nitrogen and oxygen atoms in total. The summed E-state index contributed by atoms with van der Waals surface area (Å²) in [6, 6.07) is 0.608. The molecule has 0 aromatic carbocycles. The molecule has 2 unspecified atom stereocenters. The molecule has 0 aliphatic rings. The maximum absolute atomic E-state index is 4.15. The number of nitrogens with zero attached hydrogens (tertiary/aromatic N) is 1. The predicted octanol–water partition coefficient (Wildman–Crippen LogP) is 3.49. The minimum absolute atomic E-state index is 0.608. The molecule has 2 atom stereocenters. The number of nitrogens with one attached hydrogen (secondary N) is 1. The average Bonchev–Trinajstić information content (AvgIpc) is 2.81. The molecular weight excluding hydrogens is 216 g/mol. The number of likely N-dealkylation sites (N-methyl/N-ethyl adjacent to an activating group) is 1. The van der Waals surface area contributed by atoms with Crippen molar-refractivity contribution in [3.63, 3.8) is 0 Å². The van der Waals surface area contributed by atoms with E-state index in [9.17, 15) is 0 Å². The van der Waals surface area contributed by atoms with Crippen molar-refractivity contribution in [2.75, 3.05) is 7.05 Å². The maximum atomic E-state index is 4.15. The van der Waals surface area contributed by atoms with Crippen molar-refractivity contribution in [2.45, 2.75) is 52.0 Å². The largest absolute Gasteiger partial charge is 0.316 e. The molecule has 0 bridgehead atoms. The molecule has 0 saturated carbocycles. The Hall–Kier alpha value is -0.410. The Bertz CT molecular complexity index is 259. The summed E-state index contributed by atoms with van der Waals surface area (Å²) < 4.78 is 0. The molecule has 0 radical (unpaired) electrons. The highest BCUT2D eigenvalue weighted by Gasteiger charge is 2.18. The molecule has 0 aliphatic heterocycles. The lowest BCUT2D eigenvalue weighted by Gasteiger charge is -2.25. The first-order valence-electron chi connectivity index (χ1n) is 6.36. The van der Waals surface area contributed by atoms with Gasteiger partial charge in [-0.25, -0.2) is 0 Å². The number of unbranched alkanes of at least 4 members (excludes halogenated alkanes) is 1. The Kier molecular flexibility index (Phi) is 6.65. The Morgan fingerprint density at radius 3 is 2.75 bits per heavy atom. The van der Waals surface area contributed by atoms with Gasteiger partial charge >= 0.3 is 0 Å². The zero-order valence-electron chi connectivity index (χ0n) is 10.7.